The van der Waals surface area contributed by atoms with E-state index in [1.807, 2.05) is 49.4 Å². The van der Waals surface area contributed by atoms with Crippen molar-refractivity contribution >= 4 is 35.0 Å². The smallest absolute Gasteiger partial charge is 0.337 e. The minimum Gasteiger partial charge on any atom is -0.465 e. The van der Waals surface area contributed by atoms with E-state index in [-0.39, 0.29) is 23.8 Å². The maximum absolute atomic E-state index is 12.4. The summed E-state index contributed by atoms with van der Waals surface area (Å²) >= 11 is 1.59. The number of benzene rings is 3. The number of aryl methyl sites for hydroxylation is 1. The summed E-state index contributed by atoms with van der Waals surface area (Å²) in [7, 11) is 1.40. The molecule has 0 saturated carbocycles. The first-order valence-electron chi connectivity index (χ1n) is 13.2. The van der Waals surface area contributed by atoms with Crippen molar-refractivity contribution in [1.82, 2.24) is 5.43 Å². The van der Waals surface area contributed by atoms with Crippen LogP contribution in [0.4, 0.5) is 5.69 Å². The Morgan fingerprint density at radius 1 is 1.08 bits per heavy atom. The van der Waals surface area contributed by atoms with Crippen LogP contribution in [0.15, 0.2) is 84.0 Å². The molecule has 0 saturated heterocycles. The van der Waals surface area contributed by atoms with Gasteiger partial charge in [0, 0.05) is 17.4 Å². The Balaban J connectivity index is 1.25. The van der Waals surface area contributed by atoms with Gasteiger partial charge in [0.15, 0.2) is 0 Å². The van der Waals surface area contributed by atoms with Gasteiger partial charge in [-0.15, -0.1) is 11.8 Å². The number of carbonyl (C=O) groups excluding carboxylic acids is 2. The molecule has 2 aliphatic rings. The summed E-state index contributed by atoms with van der Waals surface area (Å²) in [6.07, 6.45) is 5.53. The molecule has 0 bridgehead atoms. The Hall–Kier alpha value is -3.84. The summed E-state index contributed by atoms with van der Waals surface area (Å²) in [4.78, 5) is 24.2. The zero-order chi connectivity index (χ0) is 27.4. The Kier molecular flexibility index (Phi) is 8.17. The zero-order valence-corrected chi connectivity index (χ0v) is 23.3. The van der Waals surface area contributed by atoms with Crippen molar-refractivity contribution in [1.29, 1.82) is 0 Å². The number of hydrogen-bond acceptors (Lipinski definition) is 6. The number of hydrogen-bond donors (Lipinski definition) is 2. The molecule has 0 aromatic heterocycles. The second-order valence-electron chi connectivity index (χ2n) is 10.0. The van der Waals surface area contributed by atoms with Crippen LogP contribution in [-0.4, -0.2) is 30.5 Å². The topological polar surface area (TPSA) is 79.8 Å². The first kappa shape index (κ1) is 26.8. The first-order chi connectivity index (χ1) is 18.9. The van der Waals surface area contributed by atoms with Gasteiger partial charge >= 0.3 is 5.97 Å². The van der Waals surface area contributed by atoms with Crippen molar-refractivity contribution in [3.05, 3.63) is 112 Å². The molecule has 7 heteroatoms. The monoisotopic (exact) mass is 539 g/mol. The molecule has 39 heavy (non-hydrogen) atoms. The number of amides is 1. The zero-order valence-electron chi connectivity index (χ0n) is 22.4. The molecule has 3 aromatic rings. The van der Waals surface area contributed by atoms with E-state index in [0.29, 0.717) is 17.2 Å². The minimum atomic E-state index is -0.328. The average Bonchev–Trinajstić information content (AvgIpc) is 3.46. The van der Waals surface area contributed by atoms with E-state index in [0.717, 1.165) is 34.7 Å². The minimum absolute atomic E-state index is 0.104. The maximum atomic E-state index is 12.4. The Morgan fingerprint density at radius 3 is 2.62 bits per heavy atom. The second-order valence-corrected chi connectivity index (χ2v) is 11.0. The SMILES string of the molecule is COC(=O)c1ccc(C2Nc3ccc(/C(C)=N/NC(=O)CSCc4ccccc4C)cc3C3C=CCC32)cc1. The van der Waals surface area contributed by atoms with Gasteiger partial charge in [0.25, 0.3) is 0 Å². The normalized spacial score (nSPS) is 19.6. The third kappa shape index (κ3) is 5.93. The third-order valence-corrected chi connectivity index (χ3v) is 8.55. The summed E-state index contributed by atoms with van der Waals surface area (Å²) in [6, 6.07) is 22.4. The molecule has 0 fully saturated rings. The van der Waals surface area contributed by atoms with Crippen LogP contribution in [0, 0.1) is 12.8 Å². The van der Waals surface area contributed by atoms with Gasteiger partial charge in [0.05, 0.1) is 30.2 Å². The molecule has 5 rings (SSSR count). The van der Waals surface area contributed by atoms with Gasteiger partial charge in [0.1, 0.15) is 0 Å². The summed E-state index contributed by atoms with van der Waals surface area (Å²) in [5.41, 5.74) is 11.0. The maximum Gasteiger partial charge on any atom is 0.337 e. The van der Waals surface area contributed by atoms with E-state index in [1.54, 1.807) is 11.8 Å². The van der Waals surface area contributed by atoms with Crippen LogP contribution in [0.2, 0.25) is 0 Å². The fraction of sp³-hybridized carbons (Fsp3) is 0.281. The van der Waals surface area contributed by atoms with E-state index in [1.165, 1.54) is 23.8 Å². The predicted octanol–water partition coefficient (Wildman–Crippen LogP) is 6.38. The number of carbonyl (C=O) groups is 2. The Morgan fingerprint density at radius 2 is 1.85 bits per heavy atom. The van der Waals surface area contributed by atoms with Crippen molar-refractivity contribution in [3.63, 3.8) is 0 Å². The van der Waals surface area contributed by atoms with Crippen molar-refractivity contribution in [3.8, 4) is 0 Å². The number of anilines is 1. The summed E-state index contributed by atoms with van der Waals surface area (Å²) in [5.74, 6) is 1.38. The van der Waals surface area contributed by atoms with Crippen LogP contribution >= 0.6 is 11.8 Å². The Labute approximate surface area is 233 Å². The van der Waals surface area contributed by atoms with Gasteiger partial charge in [-0.25, -0.2) is 10.2 Å². The lowest BCUT2D eigenvalue weighted by Gasteiger charge is -2.37. The number of nitrogens with zero attached hydrogens (tertiary/aromatic N) is 1. The quantitative estimate of drug-likeness (QED) is 0.150. The van der Waals surface area contributed by atoms with E-state index < -0.39 is 0 Å². The molecule has 0 radical (unpaired) electrons. The average molecular weight is 540 g/mol. The molecule has 6 nitrogen and oxygen atoms in total. The number of nitrogens with one attached hydrogen (secondary N) is 2. The molecule has 1 aliphatic carbocycles. The molecule has 3 aromatic carbocycles. The summed E-state index contributed by atoms with van der Waals surface area (Å²) in [5, 5.41) is 8.13. The summed E-state index contributed by atoms with van der Waals surface area (Å²) < 4.78 is 4.84. The number of rotatable bonds is 8. The molecule has 3 atom stereocenters. The van der Waals surface area contributed by atoms with Crippen molar-refractivity contribution in [2.45, 2.75) is 38.0 Å². The van der Waals surface area contributed by atoms with Crippen molar-refractivity contribution in [2.24, 2.45) is 11.0 Å². The van der Waals surface area contributed by atoms with Crippen LogP contribution in [0.1, 0.15) is 63.5 Å². The number of allylic oxidation sites excluding steroid dienone is 2. The first-order valence-corrected chi connectivity index (χ1v) is 14.3. The van der Waals surface area contributed by atoms with E-state index >= 15 is 0 Å². The largest absolute Gasteiger partial charge is 0.465 e. The van der Waals surface area contributed by atoms with E-state index in [2.05, 4.69) is 59.2 Å². The number of methoxy groups -OCH3 is 1. The number of thioether (sulfide) groups is 1. The molecular weight excluding hydrogens is 506 g/mol. The highest BCUT2D eigenvalue weighted by molar-refractivity contribution is 7.99. The second kappa shape index (κ2) is 11.9. The number of ether oxygens (including phenoxy) is 1. The highest BCUT2D eigenvalue weighted by atomic mass is 32.2. The van der Waals surface area contributed by atoms with Gasteiger partial charge in [-0.2, -0.15) is 5.10 Å². The highest BCUT2D eigenvalue weighted by Crippen LogP contribution is 2.50. The summed E-state index contributed by atoms with van der Waals surface area (Å²) in [6.45, 7) is 4.01. The van der Waals surface area contributed by atoms with Crippen LogP contribution in [0.25, 0.3) is 0 Å². The fourth-order valence-corrected chi connectivity index (χ4v) is 6.26. The lowest BCUT2D eigenvalue weighted by molar-refractivity contribution is -0.118. The van der Waals surface area contributed by atoms with Crippen LogP contribution < -0.4 is 10.7 Å². The molecule has 0 spiro atoms. The van der Waals surface area contributed by atoms with E-state index in [9.17, 15) is 9.59 Å². The standard InChI is InChI=1S/C32H33N3O3S/c1-20-7-4-5-8-25(20)18-39-19-30(36)35-34-21(2)24-15-16-29-28(17-24)26-9-6-10-27(26)31(33-29)22-11-13-23(14-12-22)32(37)38-3/h4-9,11-17,26-27,31,33H,10,18-19H2,1-3H3,(H,35,36)/b34-21+. The molecule has 1 heterocycles. The van der Waals surface area contributed by atoms with Crippen LogP contribution in [-0.2, 0) is 15.3 Å². The third-order valence-electron chi connectivity index (χ3n) is 7.57. The lowest BCUT2D eigenvalue weighted by Crippen LogP contribution is -2.29. The van der Waals surface area contributed by atoms with E-state index in [4.69, 9.17) is 4.74 Å². The number of hydrazone groups is 1. The van der Waals surface area contributed by atoms with Gasteiger partial charge in [-0.3, -0.25) is 4.79 Å². The van der Waals surface area contributed by atoms with Gasteiger partial charge in [0.2, 0.25) is 5.91 Å². The predicted molar refractivity (Wildman–Crippen MR) is 158 cm³/mol. The van der Waals surface area contributed by atoms with Crippen LogP contribution in [0.5, 0.6) is 0 Å². The fourth-order valence-electron chi connectivity index (χ4n) is 5.36. The van der Waals surface area contributed by atoms with Gasteiger partial charge in [-0.1, -0.05) is 54.6 Å². The molecular formula is C32H33N3O3S. The van der Waals surface area contributed by atoms with Gasteiger partial charge in [-0.05, 0) is 78.3 Å². The highest BCUT2D eigenvalue weighted by Gasteiger charge is 2.38. The van der Waals surface area contributed by atoms with Crippen molar-refractivity contribution in [2.75, 3.05) is 18.2 Å². The molecule has 1 amide bonds. The number of esters is 1. The molecule has 200 valence electrons. The number of fused-ring (bicyclic) bond motifs is 3. The van der Waals surface area contributed by atoms with Crippen molar-refractivity contribution < 1.29 is 14.3 Å². The molecule has 3 unspecified atom stereocenters. The van der Waals surface area contributed by atoms with Crippen LogP contribution in [0.3, 0.4) is 0 Å². The lowest BCUT2D eigenvalue weighted by atomic mass is 9.76. The molecule has 1 aliphatic heterocycles. The molecule has 2 N–H and O–H groups in total. The Bertz CT molecular complexity index is 1430. The van der Waals surface area contributed by atoms with Gasteiger partial charge < -0.3 is 10.1 Å².